The van der Waals surface area contributed by atoms with E-state index < -0.39 is 0 Å². The van der Waals surface area contributed by atoms with Gasteiger partial charge in [-0.05, 0) is 44.5 Å². The number of nitrogens with one attached hydrogen (secondary N) is 2. The van der Waals surface area contributed by atoms with E-state index in [1.54, 1.807) is 6.07 Å². The third-order valence-electron chi connectivity index (χ3n) is 3.48. The van der Waals surface area contributed by atoms with Crippen molar-refractivity contribution >= 4 is 5.91 Å². The predicted octanol–water partition coefficient (Wildman–Crippen LogP) is 1.73. The average Bonchev–Trinajstić information content (AvgIpc) is 2.97. The Morgan fingerprint density at radius 3 is 2.95 bits per heavy atom. The van der Waals surface area contributed by atoms with E-state index in [1.807, 2.05) is 13.0 Å². The van der Waals surface area contributed by atoms with Crippen LogP contribution in [0, 0.1) is 0 Å². The number of hydrogen-bond acceptors (Lipinski definition) is 4. The summed E-state index contributed by atoms with van der Waals surface area (Å²) >= 11 is 0. The summed E-state index contributed by atoms with van der Waals surface area (Å²) in [5.74, 6) is 1.08. The van der Waals surface area contributed by atoms with Crippen LogP contribution in [-0.4, -0.2) is 38.3 Å². The standard InChI is InChI=1S/C15H24N2O3/c1-2-12-4-5-14(20-12)15(18)17-8-3-11-19-13-6-9-16-10-7-13/h4-5,13,16H,2-3,6-11H2,1H3,(H,17,18). The van der Waals surface area contributed by atoms with Crippen molar-refractivity contribution in [1.82, 2.24) is 10.6 Å². The third kappa shape index (κ3) is 4.65. The maximum Gasteiger partial charge on any atom is 0.286 e. The van der Waals surface area contributed by atoms with E-state index >= 15 is 0 Å². The van der Waals surface area contributed by atoms with Crippen LogP contribution in [0.2, 0.25) is 0 Å². The van der Waals surface area contributed by atoms with Gasteiger partial charge in [0.25, 0.3) is 5.91 Å². The molecule has 0 saturated carbocycles. The van der Waals surface area contributed by atoms with Crippen molar-refractivity contribution in [3.8, 4) is 0 Å². The van der Waals surface area contributed by atoms with Crippen molar-refractivity contribution in [2.75, 3.05) is 26.2 Å². The van der Waals surface area contributed by atoms with Crippen molar-refractivity contribution in [2.45, 2.75) is 38.7 Å². The van der Waals surface area contributed by atoms with Crippen LogP contribution in [0.15, 0.2) is 16.5 Å². The van der Waals surface area contributed by atoms with Crippen molar-refractivity contribution in [3.63, 3.8) is 0 Å². The first-order valence-electron chi connectivity index (χ1n) is 7.49. The smallest absolute Gasteiger partial charge is 0.286 e. The number of furan rings is 1. The second kappa shape index (κ2) is 8.07. The zero-order valence-corrected chi connectivity index (χ0v) is 12.1. The zero-order valence-electron chi connectivity index (χ0n) is 12.1. The summed E-state index contributed by atoms with van der Waals surface area (Å²) in [7, 11) is 0. The molecule has 0 atom stereocenters. The Balaban J connectivity index is 1.57. The number of carbonyl (C=O) groups is 1. The van der Waals surface area contributed by atoms with E-state index in [-0.39, 0.29) is 5.91 Å². The molecule has 0 spiro atoms. The van der Waals surface area contributed by atoms with Crippen LogP contribution in [0.25, 0.3) is 0 Å². The maximum atomic E-state index is 11.8. The van der Waals surface area contributed by atoms with E-state index in [1.165, 1.54) is 0 Å². The number of aryl methyl sites for hydroxylation is 1. The molecule has 1 aromatic rings. The SMILES string of the molecule is CCc1ccc(C(=O)NCCCOC2CCNCC2)o1. The van der Waals surface area contributed by atoms with Crippen LogP contribution in [0.5, 0.6) is 0 Å². The minimum absolute atomic E-state index is 0.147. The maximum absolute atomic E-state index is 11.8. The molecule has 0 aliphatic carbocycles. The number of piperidine rings is 1. The molecule has 0 unspecified atom stereocenters. The molecule has 0 bridgehead atoms. The lowest BCUT2D eigenvalue weighted by Crippen LogP contribution is -2.33. The molecule has 112 valence electrons. The first-order valence-corrected chi connectivity index (χ1v) is 7.49. The largest absolute Gasteiger partial charge is 0.456 e. The second-order valence-corrected chi connectivity index (χ2v) is 5.05. The van der Waals surface area contributed by atoms with Crippen LogP contribution in [-0.2, 0) is 11.2 Å². The summed E-state index contributed by atoms with van der Waals surface area (Å²) in [6, 6.07) is 3.56. The van der Waals surface area contributed by atoms with E-state index in [0.717, 1.165) is 44.5 Å². The molecule has 1 aliphatic heterocycles. The summed E-state index contributed by atoms with van der Waals surface area (Å²) in [5, 5.41) is 6.16. The van der Waals surface area contributed by atoms with Gasteiger partial charge in [-0.1, -0.05) is 6.92 Å². The molecule has 1 aromatic heterocycles. The molecule has 1 aliphatic rings. The van der Waals surface area contributed by atoms with Crippen molar-refractivity contribution in [1.29, 1.82) is 0 Å². The quantitative estimate of drug-likeness (QED) is 0.747. The highest BCUT2D eigenvalue weighted by Gasteiger charge is 2.13. The summed E-state index contributed by atoms with van der Waals surface area (Å²) in [4.78, 5) is 11.8. The zero-order chi connectivity index (χ0) is 14.2. The molecule has 20 heavy (non-hydrogen) atoms. The van der Waals surface area contributed by atoms with E-state index in [2.05, 4.69) is 10.6 Å². The first kappa shape index (κ1) is 15.1. The Morgan fingerprint density at radius 2 is 2.25 bits per heavy atom. The molecule has 5 nitrogen and oxygen atoms in total. The molecule has 2 N–H and O–H groups in total. The Labute approximate surface area is 120 Å². The van der Waals surface area contributed by atoms with Gasteiger partial charge in [-0.25, -0.2) is 0 Å². The number of ether oxygens (including phenoxy) is 1. The lowest BCUT2D eigenvalue weighted by Gasteiger charge is -2.22. The Bertz CT molecular complexity index is 411. The van der Waals surface area contributed by atoms with Gasteiger partial charge in [0, 0.05) is 19.6 Å². The van der Waals surface area contributed by atoms with Gasteiger partial charge in [-0.15, -0.1) is 0 Å². The van der Waals surface area contributed by atoms with E-state index in [4.69, 9.17) is 9.15 Å². The minimum Gasteiger partial charge on any atom is -0.456 e. The number of carbonyl (C=O) groups excluding carboxylic acids is 1. The van der Waals surface area contributed by atoms with Crippen molar-refractivity contribution in [3.05, 3.63) is 23.7 Å². The van der Waals surface area contributed by atoms with Crippen LogP contribution in [0.4, 0.5) is 0 Å². The van der Waals surface area contributed by atoms with Gasteiger partial charge in [-0.3, -0.25) is 4.79 Å². The minimum atomic E-state index is -0.147. The normalized spacial score (nSPS) is 16.2. The van der Waals surface area contributed by atoms with E-state index in [0.29, 0.717) is 25.0 Å². The number of hydrogen-bond donors (Lipinski definition) is 2. The average molecular weight is 280 g/mol. The lowest BCUT2D eigenvalue weighted by molar-refractivity contribution is 0.0317. The van der Waals surface area contributed by atoms with Gasteiger partial charge in [-0.2, -0.15) is 0 Å². The molecule has 5 heteroatoms. The number of amides is 1. The fourth-order valence-corrected chi connectivity index (χ4v) is 2.26. The van der Waals surface area contributed by atoms with Crippen LogP contribution < -0.4 is 10.6 Å². The fourth-order valence-electron chi connectivity index (χ4n) is 2.26. The summed E-state index contributed by atoms with van der Waals surface area (Å²) in [6.45, 7) is 5.40. The first-order chi connectivity index (χ1) is 9.79. The van der Waals surface area contributed by atoms with Crippen LogP contribution >= 0.6 is 0 Å². The molecule has 1 fully saturated rings. The topological polar surface area (TPSA) is 63.5 Å². The second-order valence-electron chi connectivity index (χ2n) is 5.05. The molecule has 0 radical (unpaired) electrons. The van der Waals surface area contributed by atoms with Gasteiger partial charge in [0.1, 0.15) is 5.76 Å². The molecule has 1 saturated heterocycles. The van der Waals surface area contributed by atoms with Gasteiger partial charge in [0.05, 0.1) is 6.10 Å². The predicted molar refractivity (Wildman–Crippen MR) is 76.9 cm³/mol. The number of rotatable bonds is 7. The highest BCUT2D eigenvalue weighted by molar-refractivity contribution is 5.91. The lowest BCUT2D eigenvalue weighted by atomic mass is 10.1. The monoisotopic (exact) mass is 280 g/mol. The fraction of sp³-hybridized carbons (Fsp3) is 0.667. The molecule has 0 aromatic carbocycles. The van der Waals surface area contributed by atoms with Gasteiger partial charge < -0.3 is 19.8 Å². The van der Waals surface area contributed by atoms with Crippen molar-refractivity contribution < 1.29 is 13.9 Å². The molecule has 2 heterocycles. The van der Waals surface area contributed by atoms with Crippen LogP contribution in [0.1, 0.15) is 42.5 Å². The summed E-state index contributed by atoms with van der Waals surface area (Å²) < 4.78 is 11.2. The molecule has 2 rings (SSSR count). The third-order valence-corrected chi connectivity index (χ3v) is 3.48. The molecule has 1 amide bonds. The highest BCUT2D eigenvalue weighted by atomic mass is 16.5. The van der Waals surface area contributed by atoms with Crippen LogP contribution in [0.3, 0.4) is 0 Å². The molecular weight excluding hydrogens is 256 g/mol. The highest BCUT2D eigenvalue weighted by Crippen LogP contribution is 2.09. The Hall–Kier alpha value is -1.33. The van der Waals surface area contributed by atoms with Gasteiger partial charge in [0.2, 0.25) is 0 Å². The van der Waals surface area contributed by atoms with Crippen molar-refractivity contribution in [2.24, 2.45) is 0 Å². The summed E-state index contributed by atoms with van der Waals surface area (Å²) in [5.41, 5.74) is 0. The Morgan fingerprint density at radius 1 is 1.45 bits per heavy atom. The van der Waals surface area contributed by atoms with Gasteiger partial charge in [0.15, 0.2) is 5.76 Å². The Kier molecular flexibility index (Phi) is 6.08. The van der Waals surface area contributed by atoms with E-state index in [9.17, 15) is 4.79 Å². The van der Waals surface area contributed by atoms with Gasteiger partial charge >= 0.3 is 0 Å². The molecular formula is C15H24N2O3. The summed E-state index contributed by atoms with van der Waals surface area (Å²) in [6.07, 6.45) is 4.18.